The van der Waals surface area contributed by atoms with Crippen LogP contribution < -0.4 is 0 Å². The van der Waals surface area contributed by atoms with E-state index in [4.69, 9.17) is 9.26 Å². The fourth-order valence-electron chi connectivity index (χ4n) is 2.01. The van der Waals surface area contributed by atoms with Crippen molar-refractivity contribution in [1.82, 2.24) is 10.1 Å². The summed E-state index contributed by atoms with van der Waals surface area (Å²) in [5.41, 5.74) is 1.40. The Morgan fingerprint density at radius 3 is 2.57 bits per heavy atom. The molecule has 0 N–H and O–H groups in total. The zero-order chi connectivity index (χ0) is 16.2. The van der Waals surface area contributed by atoms with E-state index in [0.29, 0.717) is 28.4 Å². The fourth-order valence-corrected chi connectivity index (χ4v) is 2.01. The lowest BCUT2D eigenvalue weighted by Crippen LogP contribution is -2.06. The molecule has 0 saturated heterocycles. The summed E-state index contributed by atoms with van der Waals surface area (Å²) in [6, 6.07) is 12.7. The first-order valence-corrected chi connectivity index (χ1v) is 6.95. The van der Waals surface area contributed by atoms with E-state index in [9.17, 15) is 9.18 Å². The predicted octanol–water partition coefficient (Wildman–Crippen LogP) is 3.54. The molecule has 1 heterocycles. The predicted molar refractivity (Wildman–Crippen MR) is 80.0 cm³/mol. The van der Waals surface area contributed by atoms with Gasteiger partial charge in [-0.1, -0.05) is 23.4 Å². The summed E-state index contributed by atoms with van der Waals surface area (Å²) in [5.74, 6) is -0.00827. The van der Waals surface area contributed by atoms with Crippen LogP contribution in [0.2, 0.25) is 0 Å². The molecule has 0 aliphatic carbocycles. The molecule has 5 nitrogen and oxygen atoms in total. The maximum Gasteiger partial charge on any atom is 0.338 e. The minimum Gasteiger partial charge on any atom is -0.457 e. The number of benzene rings is 2. The van der Waals surface area contributed by atoms with Crippen LogP contribution in [-0.2, 0) is 11.3 Å². The SMILES string of the molecule is Cc1noc(-c2ccc(C(=O)OCc3ccccc3F)cc2)n1. The Labute approximate surface area is 131 Å². The van der Waals surface area contributed by atoms with Gasteiger partial charge < -0.3 is 9.26 Å². The van der Waals surface area contributed by atoms with Crippen molar-refractivity contribution < 1.29 is 18.4 Å². The van der Waals surface area contributed by atoms with Crippen molar-refractivity contribution in [1.29, 1.82) is 0 Å². The average molecular weight is 312 g/mol. The second kappa shape index (κ2) is 6.39. The number of hydrogen-bond acceptors (Lipinski definition) is 5. The summed E-state index contributed by atoms with van der Waals surface area (Å²) in [6.07, 6.45) is 0. The van der Waals surface area contributed by atoms with E-state index < -0.39 is 11.8 Å². The minimum absolute atomic E-state index is 0.115. The number of nitrogens with zero attached hydrogens (tertiary/aromatic N) is 2. The van der Waals surface area contributed by atoms with Crippen LogP contribution in [0.25, 0.3) is 11.5 Å². The number of carbonyl (C=O) groups is 1. The lowest BCUT2D eigenvalue weighted by atomic mass is 10.1. The third-order valence-electron chi connectivity index (χ3n) is 3.21. The number of aryl methyl sites for hydroxylation is 1. The molecule has 0 bridgehead atoms. The maximum atomic E-state index is 13.5. The van der Waals surface area contributed by atoms with Crippen LogP contribution in [0.3, 0.4) is 0 Å². The first-order chi connectivity index (χ1) is 11.1. The Kier molecular flexibility index (Phi) is 4.14. The molecule has 0 atom stereocenters. The van der Waals surface area contributed by atoms with Crippen LogP contribution in [0, 0.1) is 12.7 Å². The van der Waals surface area contributed by atoms with Crippen molar-refractivity contribution in [2.24, 2.45) is 0 Å². The van der Waals surface area contributed by atoms with Crippen LogP contribution >= 0.6 is 0 Å². The molecule has 116 valence electrons. The standard InChI is InChI=1S/C17H13FN2O3/c1-11-19-16(23-20-11)12-6-8-13(9-7-12)17(21)22-10-14-4-2-3-5-15(14)18/h2-9H,10H2,1H3. The second-order valence-electron chi connectivity index (χ2n) is 4.89. The number of esters is 1. The van der Waals surface area contributed by atoms with Gasteiger partial charge in [0.25, 0.3) is 5.89 Å². The summed E-state index contributed by atoms with van der Waals surface area (Å²) in [5, 5.41) is 3.71. The molecule has 6 heteroatoms. The van der Waals surface area contributed by atoms with Gasteiger partial charge in [-0.2, -0.15) is 4.98 Å². The van der Waals surface area contributed by atoms with Gasteiger partial charge in [0.05, 0.1) is 5.56 Å². The van der Waals surface area contributed by atoms with E-state index in [0.717, 1.165) is 0 Å². The van der Waals surface area contributed by atoms with Crippen molar-refractivity contribution in [3.63, 3.8) is 0 Å². The molecule has 0 unspecified atom stereocenters. The largest absolute Gasteiger partial charge is 0.457 e. The number of carbonyl (C=O) groups excluding carboxylic acids is 1. The Balaban J connectivity index is 1.67. The molecule has 0 aliphatic heterocycles. The van der Waals surface area contributed by atoms with Crippen molar-refractivity contribution in [2.75, 3.05) is 0 Å². The number of aromatic nitrogens is 2. The Morgan fingerprint density at radius 2 is 1.91 bits per heavy atom. The number of rotatable bonds is 4. The molecule has 1 aromatic heterocycles. The van der Waals surface area contributed by atoms with Crippen LogP contribution in [0.5, 0.6) is 0 Å². The smallest absolute Gasteiger partial charge is 0.338 e. The summed E-state index contributed by atoms with van der Waals surface area (Å²) in [6.45, 7) is 1.61. The highest BCUT2D eigenvalue weighted by Crippen LogP contribution is 2.18. The lowest BCUT2D eigenvalue weighted by molar-refractivity contribution is 0.0469. The zero-order valence-electron chi connectivity index (χ0n) is 12.3. The molecular weight excluding hydrogens is 299 g/mol. The molecule has 0 aliphatic rings. The minimum atomic E-state index is -0.526. The van der Waals surface area contributed by atoms with Crippen molar-refractivity contribution >= 4 is 5.97 Å². The third kappa shape index (κ3) is 3.42. The average Bonchev–Trinajstić information content (AvgIpc) is 3.00. The quantitative estimate of drug-likeness (QED) is 0.689. The van der Waals surface area contributed by atoms with Crippen LogP contribution in [0.4, 0.5) is 4.39 Å². The topological polar surface area (TPSA) is 65.2 Å². The number of hydrogen-bond donors (Lipinski definition) is 0. The summed E-state index contributed by atoms with van der Waals surface area (Å²) in [4.78, 5) is 16.1. The normalized spacial score (nSPS) is 10.5. The summed E-state index contributed by atoms with van der Waals surface area (Å²) in [7, 11) is 0. The van der Waals surface area contributed by atoms with Gasteiger partial charge in [0.1, 0.15) is 12.4 Å². The number of ether oxygens (including phenoxy) is 1. The molecule has 0 spiro atoms. The molecule has 0 amide bonds. The van der Waals surface area contributed by atoms with E-state index >= 15 is 0 Å². The Morgan fingerprint density at radius 1 is 1.17 bits per heavy atom. The monoisotopic (exact) mass is 312 g/mol. The zero-order valence-corrected chi connectivity index (χ0v) is 12.3. The molecule has 3 rings (SSSR count). The second-order valence-corrected chi connectivity index (χ2v) is 4.89. The first-order valence-electron chi connectivity index (χ1n) is 6.95. The first kappa shape index (κ1) is 14.9. The Hall–Kier alpha value is -3.02. The molecular formula is C17H13FN2O3. The van der Waals surface area contributed by atoms with Crippen molar-refractivity contribution in [3.8, 4) is 11.5 Å². The maximum absolute atomic E-state index is 13.5. The van der Waals surface area contributed by atoms with E-state index in [1.54, 1.807) is 49.4 Å². The molecule has 3 aromatic rings. The Bertz CT molecular complexity index is 828. The highest BCUT2D eigenvalue weighted by atomic mass is 19.1. The van der Waals surface area contributed by atoms with Gasteiger partial charge in [0, 0.05) is 11.1 Å². The fraction of sp³-hybridized carbons (Fsp3) is 0.118. The third-order valence-corrected chi connectivity index (χ3v) is 3.21. The molecule has 0 radical (unpaired) electrons. The van der Waals surface area contributed by atoms with Gasteiger partial charge in [0.2, 0.25) is 0 Å². The lowest BCUT2D eigenvalue weighted by Gasteiger charge is -2.06. The van der Waals surface area contributed by atoms with Gasteiger partial charge in [-0.25, -0.2) is 9.18 Å². The van der Waals surface area contributed by atoms with E-state index in [-0.39, 0.29) is 6.61 Å². The van der Waals surface area contributed by atoms with Gasteiger partial charge in [-0.05, 0) is 37.3 Å². The molecule has 0 fully saturated rings. The number of halogens is 1. The highest BCUT2D eigenvalue weighted by Gasteiger charge is 2.11. The van der Waals surface area contributed by atoms with Crippen LogP contribution in [0.15, 0.2) is 53.1 Å². The van der Waals surface area contributed by atoms with Gasteiger partial charge in [-0.3, -0.25) is 0 Å². The van der Waals surface area contributed by atoms with Crippen molar-refractivity contribution in [2.45, 2.75) is 13.5 Å². The molecule has 23 heavy (non-hydrogen) atoms. The van der Waals surface area contributed by atoms with Crippen LogP contribution in [-0.4, -0.2) is 16.1 Å². The van der Waals surface area contributed by atoms with E-state index in [1.807, 2.05) is 0 Å². The summed E-state index contributed by atoms with van der Waals surface area (Å²) >= 11 is 0. The van der Waals surface area contributed by atoms with Gasteiger partial charge in [0.15, 0.2) is 5.82 Å². The summed E-state index contributed by atoms with van der Waals surface area (Å²) < 4.78 is 23.6. The molecule has 2 aromatic carbocycles. The van der Waals surface area contributed by atoms with E-state index in [1.165, 1.54) is 6.07 Å². The molecule has 0 saturated carbocycles. The van der Waals surface area contributed by atoms with Gasteiger partial charge >= 0.3 is 5.97 Å². The highest BCUT2D eigenvalue weighted by molar-refractivity contribution is 5.89. The van der Waals surface area contributed by atoms with E-state index in [2.05, 4.69) is 10.1 Å². The van der Waals surface area contributed by atoms with Gasteiger partial charge in [-0.15, -0.1) is 0 Å². The van der Waals surface area contributed by atoms with Crippen molar-refractivity contribution in [3.05, 3.63) is 71.3 Å². The van der Waals surface area contributed by atoms with Crippen LogP contribution in [0.1, 0.15) is 21.7 Å².